The van der Waals surface area contributed by atoms with Gasteiger partial charge in [0.15, 0.2) is 0 Å². The van der Waals surface area contributed by atoms with Crippen molar-refractivity contribution in [3.8, 4) is 0 Å². The Morgan fingerprint density at radius 2 is 1.97 bits per heavy atom. The summed E-state index contributed by atoms with van der Waals surface area (Å²) in [6.07, 6.45) is -4.42. The minimum Gasteiger partial charge on any atom is -0.355 e. The molecule has 0 radical (unpaired) electrons. The molecule has 2 aliphatic rings. The number of hydrogen-bond acceptors (Lipinski definition) is 8. The Morgan fingerprint density at radius 3 is 2.55 bits per heavy atom. The zero-order chi connectivity index (χ0) is 21.2. The molecule has 0 spiro atoms. The zero-order valence-corrected chi connectivity index (χ0v) is 15.4. The van der Waals surface area contributed by atoms with Crippen LogP contribution < -0.4 is 37.6 Å². The van der Waals surface area contributed by atoms with Crippen LogP contribution in [0.2, 0.25) is 0 Å². The second-order valence-electron chi connectivity index (χ2n) is 7.06. The lowest BCUT2D eigenvalue weighted by molar-refractivity contribution is -0.148. The van der Waals surface area contributed by atoms with E-state index in [1.807, 2.05) is 0 Å². The monoisotopic (exact) mass is 420 g/mol. The van der Waals surface area contributed by atoms with Crippen molar-refractivity contribution in [1.29, 1.82) is 0 Å². The summed E-state index contributed by atoms with van der Waals surface area (Å²) in [6, 6.07) is -0.160. The van der Waals surface area contributed by atoms with Crippen LogP contribution in [0.15, 0.2) is 18.5 Å². The van der Waals surface area contributed by atoms with Crippen LogP contribution in [0.25, 0.3) is 0 Å². The maximum atomic E-state index is 13.3. The first kappa shape index (κ1) is 21.6. The molecule has 3 rings (SSSR count). The third kappa shape index (κ3) is 5.11. The number of pyridine rings is 1. The van der Waals surface area contributed by atoms with E-state index >= 15 is 0 Å². The lowest BCUT2D eigenvalue weighted by Crippen LogP contribution is -2.64. The van der Waals surface area contributed by atoms with Crippen LogP contribution in [0.3, 0.4) is 0 Å². The van der Waals surface area contributed by atoms with Gasteiger partial charge in [0.2, 0.25) is 5.91 Å². The summed E-state index contributed by atoms with van der Waals surface area (Å²) in [6.45, 7) is -0.254. The maximum absolute atomic E-state index is 13.3. The van der Waals surface area contributed by atoms with Crippen LogP contribution in [0.4, 0.5) is 28.9 Å². The van der Waals surface area contributed by atoms with Crippen LogP contribution in [-0.4, -0.2) is 67.9 Å². The first-order valence-electron chi connectivity index (χ1n) is 9.08. The molecule has 2 saturated heterocycles. The number of carbonyl (C=O) groups excluding carboxylic acids is 1. The molecule has 0 aliphatic carbocycles. The Kier molecular flexibility index (Phi) is 6.53. The van der Waals surface area contributed by atoms with E-state index in [-0.39, 0.29) is 32.0 Å². The van der Waals surface area contributed by atoms with Crippen LogP contribution in [0.5, 0.6) is 0 Å². The summed E-state index contributed by atoms with van der Waals surface area (Å²) >= 11 is 0. The number of anilines is 2. The lowest BCUT2D eigenvalue weighted by Gasteiger charge is -2.34. The summed E-state index contributed by atoms with van der Waals surface area (Å²) in [5.41, 5.74) is 12.1. The van der Waals surface area contributed by atoms with Gasteiger partial charge in [-0.2, -0.15) is 13.2 Å². The molecule has 2 unspecified atom stereocenters. The molecule has 29 heavy (non-hydrogen) atoms. The second-order valence-corrected chi connectivity index (χ2v) is 7.06. The number of halogens is 4. The van der Waals surface area contributed by atoms with E-state index in [1.54, 1.807) is 0 Å². The summed E-state index contributed by atoms with van der Waals surface area (Å²) in [5, 5.41) is 10.7. The quantitative estimate of drug-likeness (QED) is 0.265. The summed E-state index contributed by atoms with van der Waals surface area (Å²) in [5.74, 6) is -1.51. The highest BCUT2D eigenvalue weighted by Gasteiger charge is 2.44. The number of nitrogens with zero attached hydrogens (tertiary/aromatic N) is 2. The van der Waals surface area contributed by atoms with Gasteiger partial charge < -0.3 is 21.7 Å². The fraction of sp³-hybridized carbons (Fsp3) is 0.625. The molecule has 2 aliphatic heterocycles. The number of alkyl halides is 4. The second kappa shape index (κ2) is 8.75. The van der Waals surface area contributed by atoms with Crippen molar-refractivity contribution in [2.75, 3.05) is 36.5 Å². The molecule has 1 amide bonds. The number of nitrogens with two attached hydrogens (primary N) is 2. The summed E-state index contributed by atoms with van der Waals surface area (Å²) < 4.78 is 52.2. The van der Waals surface area contributed by atoms with Crippen molar-refractivity contribution < 1.29 is 22.4 Å². The minimum atomic E-state index is -4.38. The minimum absolute atomic E-state index is 0.0412. The van der Waals surface area contributed by atoms with E-state index in [1.165, 1.54) is 23.4 Å². The van der Waals surface area contributed by atoms with Gasteiger partial charge in [-0.3, -0.25) is 25.7 Å². The first-order valence-corrected chi connectivity index (χ1v) is 9.08. The fourth-order valence-corrected chi connectivity index (χ4v) is 3.40. The number of carbonyl (C=O) groups is 1. The van der Waals surface area contributed by atoms with Crippen LogP contribution in [0, 0.1) is 5.92 Å². The molecule has 9 nitrogen and oxygen atoms in total. The summed E-state index contributed by atoms with van der Waals surface area (Å²) in [4.78, 5) is 18.2. The smallest absolute Gasteiger partial charge is 0.355 e. The molecular formula is C16H24F4N8O. The molecule has 1 aromatic rings. The standard InChI is InChI=1S/C16H24F4N8O/c17-8-3-24-14(25-4-8)12(13(21)22)15(29)27-9-5-23-2-1-10(9)28-6-11(26-7-28)16(18,19)20/h1-2,5,8,11-14,24-26H,3-4,6-7,21-22H2,(H,27,29). The van der Waals surface area contributed by atoms with Gasteiger partial charge in [-0.05, 0) is 6.07 Å². The largest absolute Gasteiger partial charge is 0.405 e. The van der Waals surface area contributed by atoms with E-state index in [0.29, 0.717) is 5.69 Å². The zero-order valence-electron chi connectivity index (χ0n) is 15.4. The predicted octanol–water partition coefficient (Wildman–Crippen LogP) is -0.965. The highest BCUT2D eigenvalue weighted by Crippen LogP contribution is 2.30. The van der Waals surface area contributed by atoms with Crippen LogP contribution in [0.1, 0.15) is 0 Å². The Bertz CT molecular complexity index is 710. The SMILES string of the molecule is NC(N)C(C(=O)Nc1cnccc1N1CNC(C(F)(F)F)C1)C1NCC(F)CN1. The van der Waals surface area contributed by atoms with Crippen molar-refractivity contribution in [2.24, 2.45) is 17.4 Å². The van der Waals surface area contributed by atoms with Crippen molar-refractivity contribution in [3.63, 3.8) is 0 Å². The highest BCUT2D eigenvalue weighted by molar-refractivity contribution is 5.96. The molecule has 8 N–H and O–H groups in total. The maximum Gasteiger partial charge on any atom is 0.405 e. The predicted molar refractivity (Wildman–Crippen MR) is 98.4 cm³/mol. The van der Waals surface area contributed by atoms with E-state index in [4.69, 9.17) is 11.5 Å². The Hall–Kier alpha value is -2.06. The lowest BCUT2D eigenvalue weighted by atomic mass is 9.99. The van der Waals surface area contributed by atoms with Gasteiger partial charge in [0.1, 0.15) is 12.2 Å². The Morgan fingerprint density at radius 1 is 1.28 bits per heavy atom. The van der Waals surface area contributed by atoms with E-state index in [2.05, 4.69) is 26.3 Å². The highest BCUT2D eigenvalue weighted by atomic mass is 19.4. The van der Waals surface area contributed by atoms with Crippen molar-refractivity contribution >= 4 is 17.3 Å². The molecule has 2 fully saturated rings. The molecule has 3 heterocycles. The molecule has 162 valence electrons. The van der Waals surface area contributed by atoms with Crippen molar-refractivity contribution in [3.05, 3.63) is 18.5 Å². The molecule has 1 aromatic heterocycles. The van der Waals surface area contributed by atoms with Crippen LogP contribution in [-0.2, 0) is 4.79 Å². The topological polar surface area (TPSA) is 133 Å². The van der Waals surface area contributed by atoms with Crippen molar-refractivity contribution in [1.82, 2.24) is 20.9 Å². The number of aromatic nitrogens is 1. The first-order chi connectivity index (χ1) is 13.7. The van der Waals surface area contributed by atoms with Gasteiger partial charge in [0, 0.05) is 25.8 Å². The van der Waals surface area contributed by atoms with Gasteiger partial charge in [-0.25, -0.2) is 4.39 Å². The molecular weight excluding hydrogens is 396 g/mol. The molecule has 0 bridgehead atoms. The number of amides is 1. The number of hydrogen-bond donors (Lipinski definition) is 6. The van der Waals surface area contributed by atoms with Gasteiger partial charge in [0.05, 0.1) is 42.5 Å². The van der Waals surface area contributed by atoms with Gasteiger partial charge in [-0.15, -0.1) is 0 Å². The average molecular weight is 420 g/mol. The average Bonchev–Trinajstić information content (AvgIpc) is 3.14. The Balaban J connectivity index is 1.73. The third-order valence-corrected chi connectivity index (χ3v) is 4.92. The van der Waals surface area contributed by atoms with E-state index < -0.39 is 42.5 Å². The normalized spacial score (nSPS) is 26.6. The van der Waals surface area contributed by atoms with E-state index in [0.717, 1.165) is 0 Å². The fourth-order valence-electron chi connectivity index (χ4n) is 3.40. The molecule has 2 atom stereocenters. The molecule has 13 heteroatoms. The Labute approximate surface area is 164 Å². The van der Waals surface area contributed by atoms with Crippen molar-refractivity contribution in [2.45, 2.75) is 30.7 Å². The molecule has 0 aromatic carbocycles. The van der Waals surface area contributed by atoms with E-state index in [9.17, 15) is 22.4 Å². The van der Waals surface area contributed by atoms with Crippen LogP contribution >= 0.6 is 0 Å². The number of rotatable bonds is 5. The third-order valence-electron chi connectivity index (χ3n) is 4.92. The van der Waals surface area contributed by atoms with Gasteiger partial charge >= 0.3 is 6.18 Å². The van der Waals surface area contributed by atoms with Gasteiger partial charge in [0.25, 0.3) is 0 Å². The summed E-state index contributed by atoms with van der Waals surface area (Å²) in [7, 11) is 0. The molecule has 0 saturated carbocycles. The number of nitrogens with one attached hydrogen (secondary N) is 4. The van der Waals surface area contributed by atoms with Gasteiger partial charge in [-0.1, -0.05) is 0 Å².